The van der Waals surface area contributed by atoms with Gasteiger partial charge in [-0.2, -0.15) is 5.10 Å². The normalized spacial score (nSPS) is 10.6. The fourth-order valence-electron chi connectivity index (χ4n) is 1.63. The largest absolute Gasteiger partial charge is 0.377 e. The van der Waals surface area contributed by atoms with Gasteiger partial charge in [-0.25, -0.2) is 9.67 Å². The van der Waals surface area contributed by atoms with Gasteiger partial charge in [0.25, 0.3) is 0 Å². The zero-order chi connectivity index (χ0) is 13.0. The average molecular weight is 285 g/mol. The van der Waals surface area contributed by atoms with Gasteiger partial charge < -0.3 is 5.32 Å². The molecule has 0 bridgehead atoms. The minimum absolute atomic E-state index is 0.570. The minimum Gasteiger partial charge on any atom is -0.377 e. The van der Waals surface area contributed by atoms with E-state index >= 15 is 0 Å². The lowest BCUT2D eigenvalue weighted by molar-refractivity contribution is 0.574. The van der Waals surface area contributed by atoms with Crippen molar-refractivity contribution >= 4 is 28.9 Å². The number of hydrogen-bond acceptors (Lipinski definition) is 3. The fraction of sp³-hybridized carbons (Fsp3) is 0.333. The van der Waals surface area contributed by atoms with Crippen LogP contribution in [-0.2, 0) is 13.1 Å². The number of benzene rings is 1. The molecule has 0 amide bonds. The van der Waals surface area contributed by atoms with Crippen LogP contribution in [0.25, 0.3) is 0 Å². The van der Waals surface area contributed by atoms with Gasteiger partial charge in [0.05, 0.1) is 17.3 Å². The monoisotopic (exact) mass is 284 g/mol. The van der Waals surface area contributed by atoms with Crippen molar-refractivity contribution < 1.29 is 0 Å². The zero-order valence-corrected chi connectivity index (χ0v) is 11.5. The molecule has 0 radical (unpaired) electrons. The molecule has 2 aromatic rings. The first-order valence-corrected chi connectivity index (χ1v) is 6.52. The lowest BCUT2D eigenvalue weighted by Gasteiger charge is -2.09. The molecule has 0 saturated carbocycles. The van der Waals surface area contributed by atoms with Crippen molar-refractivity contribution in [2.75, 3.05) is 5.32 Å². The molecule has 0 saturated heterocycles. The summed E-state index contributed by atoms with van der Waals surface area (Å²) in [5.41, 5.74) is 0.801. The number of anilines is 1. The first kappa shape index (κ1) is 13.2. The molecule has 1 heterocycles. The Morgan fingerprint density at radius 2 is 2.17 bits per heavy atom. The van der Waals surface area contributed by atoms with Crippen LogP contribution in [0, 0.1) is 0 Å². The molecule has 96 valence electrons. The Balaban J connectivity index is 2.06. The Bertz CT molecular complexity index is 525. The van der Waals surface area contributed by atoms with Crippen LogP contribution in [0.2, 0.25) is 10.0 Å². The van der Waals surface area contributed by atoms with Gasteiger partial charge in [-0.05, 0) is 24.6 Å². The number of nitrogens with one attached hydrogen (secondary N) is 1. The fourth-order valence-corrected chi connectivity index (χ4v) is 1.99. The third kappa shape index (κ3) is 3.15. The van der Waals surface area contributed by atoms with E-state index < -0.39 is 0 Å². The van der Waals surface area contributed by atoms with Crippen LogP contribution in [0.3, 0.4) is 0 Å². The first-order chi connectivity index (χ1) is 8.70. The van der Waals surface area contributed by atoms with Crippen molar-refractivity contribution in [3.05, 3.63) is 40.4 Å². The quantitative estimate of drug-likeness (QED) is 0.912. The topological polar surface area (TPSA) is 42.7 Å². The van der Waals surface area contributed by atoms with Crippen molar-refractivity contribution in [1.29, 1.82) is 0 Å². The summed E-state index contributed by atoms with van der Waals surface area (Å²) < 4.78 is 1.88. The summed E-state index contributed by atoms with van der Waals surface area (Å²) in [6, 6.07) is 5.32. The van der Waals surface area contributed by atoms with Crippen LogP contribution in [0.4, 0.5) is 5.69 Å². The summed E-state index contributed by atoms with van der Waals surface area (Å²) in [5, 5.41) is 8.67. The lowest BCUT2D eigenvalue weighted by atomic mass is 10.3. The second-order valence-electron chi connectivity index (χ2n) is 3.88. The highest BCUT2D eigenvalue weighted by molar-refractivity contribution is 6.35. The van der Waals surface area contributed by atoms with E-state index in [1.165, 1.54) is 0 Å². The van der Waals surface area contributed by atoms with Gasteiger partial charge in [0.1, 0.15) is 12.2 Å². The number of halogens is 2. The van der Waals surface area contributed by atoms with Gasteiger partial charge in [-0.1, -0.05) is 30.1 Å². The van der Waals surface area contributed by atoms with Gasteiger partial charge in [0.15, 0.2) is 0 Å². The van der Waals surface area contributed by atoms with Crippen molar-refractivity contribution in [2.24, 2.45) is 0 Å². The molecule has 0 fully saturated rings. The predicted octanol–water partition coefficient (Wildman–Crippen LogP) is 3.61. The molecule has 2 rings (SSSR count). The Kier molecular flexibility index (Phi) is 4.44. The maximum atomic E-state index is 6.07. The Labute approximate surface area is 116 Å². The molecule has 0 atom stereocenters. The summed E-state index contributed by atoms with van der Waals surface area (Å²) in [5.74, 6) is 0.882. The van der Waals surface area contributed by atoms with Gasteiger partial charge in [-0.15, -0.1) is 0 Å². The van der Waals surface area contributed by atoms with Crippen molar-refractivity contribution in [3.63, 3.8) is 0 Å². The second-order valence-corrected chi connectivity index (χ2v) is 4.72. The number of rotatable bonds is 5. The third-order valence-corrected chi connectivity index (χ3v) is 3.06. The molecule has 1 aromatic carbocycles. The maximum Gasteiger partial charge on any atom is 0.146 e. The van der Waals surface area contributed by atoms with E-state index in [4.69, 9.17) is 23.2 Å². The number of nitrogens with zero attached hydrogens (tertiary/aromatic N) is 3. The second kappa shape index (κ2) is 6.07. The molecule has 1 N–H and O–H groups in total. The Morgan fingerprint density at radius 3 is 2.94 bits per heavy atom. The molecule has 0 aliphatic rings. The van der Waals surface area contributed by atoms with Crippen LogP contribution in [-0.4, -0.2) is 14.8 Å². The minimum atomic E-state index is 0.570. The smallest absolute Gasteiger partial charge is 0.146 e. The Hall–Kier alpha value is -1.26. The summed E-state index contributed by atoms with van der Waals surface area (Å²) >= 11 is 12.0. The van der Waals surface area contributed by atoms with E-state index in [2.05, 4.69) is 22.3 Å². The van der Waals surface area contributed by atoms with E-state index in [1.807, 2.05) is 4.68 Å². The van der Waals surface area contributed by atoms with Crippen LogP contribution in [0.1, 0.15) is 19.2 Å². The molecule has 1 aromatic heterocycles. The first-order valence-electron chi connectivity index (χ1n) is 5.76. The van der Waals surface area contributed by atoms with E-state index in [9.17, 15) is 0 Å². The predicted molar refractivity (Wildman–Crippen MR) is 74.1 cm³/mol. The molecule has 0 spiro atoms. The van der Waals surface area contributed by atoms with E-state index in [0.717, 1.165) is 24.5 Å². The SMILES string of the molecule is CCCn1ncnc1CNc1cc(Cl)ccc1Cl. The standard InChI is InChI=1S/C12H14Cl2N4/c1-2-5-18-12(16-8-17-18)7-15-11-6-9(13)3-4-10(11)14/h3-4,6,8,15H,2,5,7H2,1H3. The highest BCUT2D eigenvalue weighted by Gasteiger charge is 2.05. The third-order valence-electron chi connectivity index (χ3n) is 2.50. The van der Waals surface area contributed by atoms with Crippen LogP contribution in [0.5, 0.6) is 0 Å². The summed E-state index contributed by atoms with van der Waals surface area (Å²) in [4.78, 5) is 4.22. The zero-order valence-electron chi connectivity index (χ0n) is 10.0. The van der Waals surface area contributed by atoms with E-state index in [0.29, 0.717) is 16.6 Å². The molecule has 0 unspecified atom stereocenters. The van der Waals surface area contributed by atoms with Gasteiger partial charge in [-0.3, -0.25) is 0 Å². The highest BCUT2D eigenvalue weighted by atomic mass is 35.5. The van der Waals surface area contributed by atoms with Crippen LogP contribution < -0.4 is 5.32 Å². The van der Waals surface area contributed by atoms with Crippen molar-refractivity contribution in [3.8, 4) is 0 Å². The molecule has 0 aliphatic heterocycles. The molecular formula is C12H14Cl2N4. The molecule has 0 aliphatic carbocycles. The average Bonchev–Trinajstić information content (AvgIpc) is 2.78. The van der Waals surface area contributed by atoms with E-state index in [1.54, 1.807) is 24.5 Å². The van der Waals surface area contributed by atoms with Crippen molar-refractivity contribution in [1.82, 2.24) is 14.8 Å². The summed E-state index contributed by atoms with van der Waals surface area (Å²) in [6.45, 7) is 3.53. The maximum absolute atomic E-state index is 6.07. The van der Waals surface area contributed by atoms with Crippen LogP contribution >= 0.6 is 23.2 Å². The number of hydrogen-bond donors (Lipinski definition) is 1. The number of aromatic nitrogens is 3. The number of aryl methyl sites for hydroxylation is 1. The molecular weight excluding hydrogens is 271 g/mol. The van der Waals surface area contributed by atoms with Crippen molar-refractivity contribution in [2.45, 2.75) is 26.4 Å². The lowest BCUT2D eigenvalue weighted by Crippen LogP contribution is -2.10. The van der Waals surface area contributed by atoms with Gasteiger partial charge in [0, 0.05) is 11.6 Å². The Morgan fingerprint density at radius 1 is 1.33 bits per heavy atom. The van der Waals surface area contributed by atoms with Gasteiger partial charge >= 0.3 is 0 Å². The summed E-state index contributed by atoms with van der Waals surface area (Å²) in [7, 11) is 0. The highest BCUT2D eigenvalue weighted by Crippen LogP contribution is 2.25. The van der Waals surface area contributed by atoms with Crippen LogP contribution in [0.15, 0.2) is 24.5 Å². The summed E-state index contributed by atoms with van der Waals surface area (Å²) in [6.07, 6.45) is 2.58. The van der Waals surface area contributed by atoms with E-state index in [-0.39, 0.29) is 0 Å². The molecule has 18 heavy (non-hydrogen) atoms. The molecule has 6 heteroatoms. The molecule has 4 nitrogen and oxygen atoms in total. The van der Waals surface area contributed by atoms with Gasteiger partial charge in [0.2, 0.25) is 0 Å².